The summed E-state index contributed by atoms with van der Waals surface area (Å²) in [5.74, 6) is 0.948. The first-order chi connectivity index (χ1) is 6.45. The third-order valence-corrected chi connectivity index (χ3v) is 1.81. The Morgan fingerprint density at radius 2 is 2.08 bits per heavy atom. The van der Waals surface area contributed by atoms with Gasteiger partial charge in [0.2, 0.25) is 0 Å². The van der Waals surface area contributed by atoms with Gasteiger partial charge in [-0.2, -0.15) is 0 Å². The Bertz CT molecular complexity index is 317. The van der Waals surface area contributed by atoms with Gasteiger partial charge in [-0.15, -0.1) is 0 Å². The van der Waals surface area contributed by atoms with E-state index in [9.17, 15) is 0 Å². The fraction of sp³-hybridized carbons (Fsp3) is 0.0909. The monoisotopic (exact) mass is 173 g/mol. The molecular formula is C11H11NO. The highest BCUT2D eigenvalue weighted by atomic mass is 16.5. The fourth-order valence-corrected chi connectivity index (χ4v) is 1.14. The Morgan fingerprint density at radius 1 is 1.23 bits per heavy atom. The summed E-state index contributed by atoms with van der Waals surface area (Å²) in [5.41, 5.74) is 1.07. The lowest BCUT2D eigenvalue weighted by Crippen LogP contribution is -1.89. The number of hydrogen-bond acceptors (Lipinski definition) is 2. The topological polar surface area (TPSA) is 21.3 Å². The SMILES string of the molecule is C1=CO/C(=C\Nc2ccccc2)C1. The smallest absolute Gasteiger partial charge is 0.123 e. The van der Waals surface area contributed by atoms with Crippen LogP contribution in [0, 0.1) is 0 Å². The molecule has 1 heterocycles. The van der Waals surface area contributed by atoms with Crippen molar-refractivity contribution in [3.63, 3.8) is 0 Å². The minimum absolute atomic E-state index is 0.875. The van der Waals surface area contributed by atoms with E-state index in [4.69, 9.17) is 4.74 Å². The van der Waals surface area contributed by atoms with Gasteiger partial charge in [-0.25, -0.2) is 0 Å². The number of anilines is 1. The van der Waals surface area contributed by atoms with Gasteiger partial charge in [0, 0.05) is 18.3 Å². The normalized spacial score (nSPS) is 17.4. The van der Waals surface area contributed by atoms with E-state index in [0.29, 0.717) is 0 Å². The van der Waals surface area contributed by atoms with E-state index in [1.165, 1.54) is 0 Å². The third kappa shape index (κ3) is 2.12. The van der Waals surface area contributed by atoms with Crippen molar-refractivity contribution >= 4 is 5.69 Å². The van der Waals surface area contributed by atoms with Gasteiger partial charge in [-0.3, -0.25) is 0 Å². The van der Waals surface area contributed by atoms with E-state index in [1.54, 1.807) is 6.26 Å². The van der Waals surface area contributed by atoms with Gasteiger partial charge in [0.1, 0.15) is 5.76 Å². The van der Waals surface area contributed by atoms with Crippen LogP contribution in [-0.2, 0) is 4.74 Å². The summed E-state index contributed by atoms with van der Waals surface area (Å²) in [7, 11) is 0. The molecule has 1 N–H and O–H groups in total. The molecule has 0 atom stereocenters. The van der Waals surface area contributed by atoms with Gasteiger partial charge in [0.05, 0.1) is 6.26 Å². The van der Waals surface area contributed by atoms with Crippen LogP contribution < -0.4 is 5.32 Å². The predicted molar refractivity (Wildman–Crippen MR) is 53.0 cm³/mol. The third-order valence-electron chi connectivity index (χ3n) is 1.81. The summed E-state index contributed by atoms with van der Waals surface area (Å²) in [6.07, 6.45) is 6.45. The average Bonchev–Trinajstić information content (AvgIpc) is 2.69. The number of nitrogens with one attached hydrogen (secondary N) is 1. The summed E-state index contributed by atoms with van der Waals surface area (Å²) < 4.78 is 5.19. The minimum Gasteiger partial charge on any atom is -0.468 e. The first kappa shape index (κ1) is 7.92. The van der Waals surface area contributed by atoms with Crippen LogP contribution in [0.15, 0.2) is 54.6 Å². The first-order valence-electron chi connectivity index (χ1n) is 4.27. The molecular weight excluding hydrogens is 162 g/mol. The molecule has 2 rings (SSSR count). The van der Waals surface area contributed by atoms with Crippen molar-refractivity contribution in [3.05, 3.63) is 54.6 Å². The van der Waals surface area contributed by atoms with Crippen LogP contribution in [0.25, 0.3) is 0 Å². The lowest BCUT2D eigenvalue weighted by molar-refractivity contribution is 0.366. The molecule has 0 saturated carbocycles. The molecule has 0 saturated heterocycles. The number of ether oxygens (including phenoxy) is 1. The highest BCUT2D eigenvalue weighted by Gasteiger charge is 1.99. The molecule has 0 aromatic heterocycles. The highest BCUT2D eigenvalue weighted by Crippen LogP contribution is 2.13. The second kappa shape index (κ2) is 3.81. The zero-order chi connectivity index (χ0) is 8.93. The molecule has 2 heteroatoms. The quantitative estimate of drug-likeness (QED) is 0.742. The van der Waals surface area contributed by atoms with Crippen LogP contribution in [0.2, 0.25) is 0 Å². The van der Waals surface area contributed by atoms with Gasteiger partial charge in [-0.1, -0.05) is 18.2 Å². The Kier molecular flexibility index (Phi) is 2.32. The zero-order valence-electron chi connectivity index (χ0n) is 7.23. The summed E-state index contributed by atoms with van der Waals surface area (Å²) >= 11 is 0. The number of rotatable bonds is 2. The first-order valence-corrected chi connectivity index (χ1v) is 4.27. The summed E-state index contributed by atoms with van der Waals surface area (Å²) in [4.78, 5) is 0. The fourth-order valence-electron chi connectivity index (χ4n) is 1.14. The second-order valence-corrected chi connectivity index (χ2v) is 2.81. The van der Waals surface area contributed by atoms with Crippen LogP contribution in [0.3, 0.4) is 0 Å². The van der Waals surface area contributed by atoms with Gasteiger partial charge in [-0.05, 0) is 18.2 Å². The summed E-state index contributed by atoms with van der Waals surface area (Å²) in [6, 6.07) is 10.0. The molecule has 0 radical (unpaired) electrons. The molecule has 1 aromatic carbocycles. The highest BCUT2D eigenvalue weighted by molar-refractivity contribution is 5.45. The van der Waals surface area contributed by atoms with Gasteiger partial charge in [0.25, 0.3) is 0 Å². The molecule has 0 spiro atoms. The Balaban J connectivity index is 1.96. The van der Waals surface area contributed by atoms with E-state index in [-0.39, 0.29) is 0 Å². The van der Waals surface area contributed by atoms with Gasteiger partial charge in [0.15, 0.2) is 0 Å². The van der Waals surface area contributed by atoms with E-state index >= 15 is 0 Å². The summed E-state index contributed by atoms with van der Waals surface area (Å²) in [5, 5.41) is 3.16. The molecule has 2 nitrogen and oxygen atoms in total. The van der Waals surface area contributed by atoms with Crippen molar-refractivity contribution in [2.45, 2.75) is 6.42 Å². The van der Waals surface area contributed by atoms with Crippen LogP contribution in [0.5, 0.6) is 0 Å². The molecule has 0 bridgehead atoms. The van der Waals surface area contributed by atoms with Crippen molar-refractivity contribution in [2.24, 2.45) is 0 Å². The molecule has 66 valence electrons. The molecule has 1 aliphatic rings. The number of para-hydroxylation sites is 1. The van der Waals surface area contributed by atoms with Gasteiger partial charge >= 0.3 is 0 Å². The van der Waals surface area contributed by atoms with E-state index in [0.717, 1.165) is 17.9 Å². The van der Waals surface area contributed by atoms with Crippen molar-refractivity contribution < 1.29 is 4.74 Å². The van der Waals surface area contributed by atoms with E-state index < -0.39 is 0 Å². The standard InChI is InChI=1S/C11H11NO/c1-2-5-10(6-3-1)12-9-11-7-4-8-13-11/h1-6,8-9,12H,7H2/b11-9-. The molecule has 0 aliphatic carbocycles. The molecule has 1 aliphatic heterocycles. The van der Waals surface area contributed by atoms with Crippen molar-refractivity contribution in [1.82, 2.24) is 0 Å². The summed E-state index contributed by atoms with van der Waals surface area (Å²) in [6.45, 7) is 0. The Hall–Kier alpha value is -1.70. The zero-order valence-corrected chi connectivity index (χ0v) is 7.23. The molecule has 1 aromatic rings. The largest absolute Gasteiger partial charge is 0.468 e. The van der Waals surface area contributed by atoms with Gasteiger partial charge < -0.3 is 10.1 Å². The lowest BCUT2D eigenvalue weighted by atomic mass is 10.3. The average molecular weight is 173 g/mol. The number of benzene rings is 1. The molecule has 0 fully saturated rings. The second-order valence-electron chi connectivity index (χ2n) is 2.81. The van der Waals surface area contributed by atoms with E-state index in [1.807, 2.05) is 42.6 Å². The van der Waals surface area contributed by atoms with E-state index in [2.05, 4.69) is 5.32 Å². The van der Waals surface area contributed by atoms with Crippen LogP contribution in [0.1, 0.15) is 6.42 Å². The molecule has 0 unspecified atom stereocenters. The van der Waals surface area contributed by atoms with Crippen molar-refractivity contribution in [2.75, 3.05) is 5.32 Å². The van der Waals surface area contributed by atoms with Crippen LogP contribution in [0.4, 0.5) is 5.69 Å². The number of hydrogen-bond donors (Lipinski definition) is 1. The van der Waals surface area contributed by atoms with Crippen LogP contribution >= 0.6 is 0 Å². The maximum absolute atomic E-state index is 5.19. The maximum Gasteiger partial charge on any atom is 0.123 e. The minimum atomic E-state index is 0.875. The Labute approximate surface area is 77.5 Å². The predicted octanol–water partition coefficient (Wildman–Crippen LogP) is 2.87. The Morgan fingerprint density at radius 3 is 2.77 bits per heavy atom. The lowest BCUT2D eigenvalue weighted by Gasteiger charge is -2.01. The van der Waals surface area contributed by atoms with Crippen LogP contribution in [-0.4, -0.2) is 0 Å². The molecule has 0 amide bonds. The van der Waals surface area contributed by atoms with Crippen molar-refractivity contribution in [3.8, 4) is 0 Å². The van der Waals surface area contributed by atoms with Crippen molar-refractivity contribution in [1.29, 1.82) is 0 Å². The number of allylic oxidation sites excluding steroid dienone is 1. The molecule has 13 heavy (non-hydrogen) atoms. The maximum atomic E-state index is 5.19.